The minimum absolute atomic E-state index is 0.295. The Balaban J connectivity index is 1.43. The molecule has 8 heteroatoms. The molecule has 31 heavy (non-hydrogen) atoms. The van der Waals surface area contributed by atoms with Crippen LogP contribution in [-0.2, 0) is 9.47 Å². The fourth-order valence-corrected chi connectivity index (χ4v) is 3.88. The first-order valence-electron chi connectivity index (χ1n) is 10.4. The molecule has 0 unspecified atom stereocenters. The number of methoxy groups -OCH3 is 1. The van der Waals surface area contributed by atoms with Crippen LogP contribution >= 0.6 is 0 Å². The molecule has 4 heterocycles. The number of hydrogen-bond donors (Lipinski definition) is 1. The molecule has 0 aliphatic carbocycles. The van der Waals surface area contributed by atoms with E-state index in [1.165, 1.54) is 0 Å². The zero-order valence-electron chi connectivity index (χ0n) is 17.3. The summed E-state index contributed by atoms with van der Waals surface area (Å²) in [4.78, 5) is 9.08. The summed E-state index contributed by atoms with van der Waals surface area (Å²) in [6, 6.07) is 16.3. The van der Waals surface area contributed by atoms with Gasteiger partial charge in [-0.2, -0.15) is 0 Å². The van der Waals surface area contributed by atoms with E-state index in [0.717, 1.165) is 54.3 Å². The lowest BCUT2D eigenvalue weighted by Crippen LogP contribution is -2.28. The zero-order valence-corrected chi connectivity index (χ0v) is 17.3. The van der Waals surface area contributed by atoms with Gasteiger partial charge in [-0.05, 0) is 36.6 Å². The highest BCUT2D eigenvalue weighted by atomic mass is 16.5. The van der Waals surface area contributed by atoms with E-state index in [2.05, 4.69) is 20.5 Å². The zero-order chi connectivity index (χ0) is 21.0. The third kappa shape index (κ3) is 4.12. The Hall–Kier alpha value is -3.36. The van der Waals surface area contributed by atoms with Gasteiger partial charge in [0.15, 0.2) is 11.5 Å². The normalized spacial score (nSPS) is 15.8. The number of nitrogens with zero attached hydrogens (tertiary/aromatic N) is 5. The first kappa shape index (κ1) is 19.6. The standard InChI is InChI=1S/C23H24N6O2/c1-30-21(16-5-3-2-4-6-16)22-28-27-20-15-17(8-12-29(20)22)19-7-11-24-23(26-19)25-18-9-13-31-14-10-18/h2-8,11-12,15,18,21H,9-10,13-14H2,1H3,(H,24,25,26)/t21-/m1/s1. The molecule has 1 aliphatic rings. The quantitative estimate of drug-likeness (QED) is 0.515. The van der Waals surface area contributed by atoms with E-state index >= 15 is 0 Å². The smallest absolute Gasteiger partial charge is 0.223 e. The monoisotopic (exact) mass is 416 g/mol. The van der Waals surface area contributed by atoms with Crippen LogP contribution in [-0.4, -0.2) is 50.9 Å². The van der Waals surface area contributed by atoms with Gasteiger partial charge in [0.25, 0.3) is 0 Å². The van der Waals surface area contributed by atoms with Gasteiger partial charge in [0.1, 0.15) is 6.10 Å². The summed E-state index contributed by atoms with van der Waals surface area (Å²) in [7, 11) is 1.68. The van der Waals surface area contributed by atoms with Crippen LogP contribution < -0.4 is 5.32 Å². The van der Waals surface area contributed by atoms with Crippen LogP contribution in [0.1, 0.15) is 30.3 Å². The summed E-state index contributed by atoms with van der Waals surface area (Å²) in [6.07, 6.45) is 5.37. The van der Waals surface area contributed by atoms with Crippen molar-refractivity contribution < 1.29 is 9.47 Å². The molecule has 5 rings (SSSR count). The Kier molecular flexibility index (Phi) is 5.56. The molecule has 1 N–H and O–H groups in total. The van der Waals surface area contributed by atoms with Crippen LogP contribution in [0.4, 0.5) is 5.95 Å². The van der Waals surface area contributed by atoms with Gasteiger partial charge >= 0.3 is 0 Å². The number of rotatable bonds is 6. The average Bonchev–Trinajstić information content (AvgIpc) is 3.24. The van der Waals surface area contributed by atoms with Gasteiger partial charge in [-0.3, -0.25) is 4.40 Å². The third-order valence-corrected chi connectivity index (χ3v) is 5.51. The molecule has 4 aromatic rings. The molecule has 1 saturated heterocycles. The lowest BCUT2D eigenvalue weighted by molar-refractivity contribution is 0.0903. The summed E-state index contributed by atoms with van der Waals surface area (Å²) in [5.74, 6) is 1.37. The van der Waals surface area contributed by atoms with E-state index in [0.29, 0.717) is 12.0 Å². The van der Waals surface area contributed by atoms with E-state index in [1.54, 1.807) is 13.3 Å². The van der Waals surface area contributed by atoms with Crippen molar-refractivity contribution in [2.24, 2.45) is 0 Å². The summed E-state index contributed by atoms with van der Waals surface area (Å²) in [5.41, 5.74) is 3.56. The highest BCUT2D eigenvalue weighted by Crippen LogP contribution is 2.26. The number of aromatic nitrogens is 5. The molecule has 1 atom stereocenters. The van der Waals surface area contributed by atoms with Crippen molar-refractivity contribution in [3.05, 3.63) is 72.3 Å². The number of benzene rings is 1. The summed E-state index contributed by atoms with van der Waals surface area (Å²) in [6.45, 7) is 1.55. The lowest BCUT2D eigenvalue weighted by Gasteiger charge is -2.23. The average molecular weight is 416 g/mol. The maximum absolute atomic E-state index is 5.73. The predicted octanol–water partition coefficient (Wildman–Crippen LogP) is 3.51. The van der Waals surface area contributed by atoms with Gasteiger partial charge < -0.3 is 14.8 Å². The van der Waals surface area contributed by atoms with Crippen LogP contribution in [0.2, 0.25) is 0 Å². The second-order valence-electron chi connectivity index (χ2n) is 7.52. The molecule has 0 amide bonds. The largest absolute Gasteiger partial charge is 0.381 e. The van der Waals surface area contributed by atoms with E-state index in [9.17, 15) is 0 Å². The molecular formula is C23H24N6O2. The number of ether oxygens (including phenoxy) is 2. The summed E-state index contributed by atoms with van der Waals surface area (Å²) >= 11 is 0. The van der Waals surface area contributed by atoms with Crippen LogP contribution in [0.25, 0.3) is 16.9 Å². The number of hydrogen-bond acceptors (Lipinski definition) is 7. The molecular weight excluding hydrogens is 392 g/mol. The Morgan fingerprint density at radius 1 is 1.10 bits per heavy atom. The fraction of sp³-hybridized carbons (Fsp3) is 0.304. The van der Waals surface area contributed by atoms with Gasteiger partial charge in [0.05, 0.1) is 5.69 Å². The molecule has 3 aromatic heterocycles. The minimum Gasteiger partial charge on any atom is -0.381 e. The van der Waals surface area contributed by atoms with Crippen molar-refractivity contribution in [1.29, 1.82) is 0 Å². The van der Waals surface area contributed by atoms with E-state index in [-0.39, 0.29) is 6.10 Å². The van der Waals surface area contributed by atoms with E-state index in [4.69, 9.17) is 14.5 Å². The summed E-state index contributed by atoms with van der Waals surface area (Å²) < 4.78 is 13.1. The highest BCUT2D eigenvalue weighted by molar-refractivity contribution is 5.64. The Labute approximate surface area is 180 Å². The molecule has 158 valence electrons. The van der Waals surface area contributed by atoms with Crippen molar-refractivity contribution in [2.45, 2.75) is 25.0 Å². The Bertz CT molecular complexity index is 1160. The van der Waals surface area contributed by atoms with Gasteiger partial charge in [0.2, 0.25) is 5.95 Å². The van der Waals surface area contributed by atoms with Crippen LogP contribution in [0.15, 0.2) is 60.9 Å². The van der Waals surface area contributed by atoms with Crippen molar-refractivity contribution in [1.82, 2.24) is 24.6 Å². The molecule has 1 aromatic carbocycles. The number of anilines is 1. The van der Waals surface area contributed by atoms with Crippen LogP contribution in [0, 0.1) is 0 Å². The van der Waals surface area contributed by atoms with Crippen LogP contribution in [0.3, 0.4) is 0 Å². The fourth-order valence-electron chi connectivity index (χ4n) is 3.88. The molecule has 0 saturated carbocycles. The minimum atomic E-state index is -0.295. The van der Waals surface area contributed by atoms with E-state index in [1.807, 2.05) is 59.1 Å². The second kappa shape index (κ2) is 8.79. The van der Waals surface area contributed by atoms with Crippen molar-refractivity contribution in [3.8, 4) is 11.3 Å². The lowest BCUT2D eigenvalue weighted by atomic mass is 10.1. The maximum atomic E-state index is 5.73. The molecule has 0 radical (unpaired) electrons. The highest BCUT2D eigenvalue weighted by Gasteiger charge is 2.20. The molecule has 0 bridgehead atoms. The second-order valence-corrected chi connectivity index (χ2v) is 7.52. The van der Waals surface area contributed by atoms with Gasteiger partial charge in [-0.1, -0.05) is 30.3 Å². The molecule has 1 aliphatic heterocycles. The molecule has 0 spiro atoms. The Morgan fingerprint density at radius 3 is 2.74 bits per heavy atom. The van der Waals surface area contributed by atoms with Gasteiger partial charge in [-0.15, -0.1) is 10.2 Å². The van der Waals surface area contributed by atoms with Gasteiger partial charge in [0, 0.05) is 44.3 Å². The third-order valence-electron chi connectivity index (χ3n) is 5.51. The Morgan fingerprint density at radius 2 is 1.94 bits per heavy atom. The maximum Gasteiger partial charge on any atom is 0.223 e. The first-order chi connectivity index (χ1) is 15.3. The molecule has 8 nitrogen and oxygen atoms in total. The molecule has 1 fully saturated rings. The van der Waals surface area contributed by atoms with E-state index < -0.39 is 0 Å². The van der Waals surface area contributed by atoms with Crippen LogP contribution in [0.5, 0.6) is 0 Å². The number of pyridine rings is 1. The predicted molar refractivity (Wildman–Crippen MR) is 117 cm³/mol. The number of fused-ring (bicyclic) bond motifs is 1. The first-order valence-corrected chi connectivity index (χ1v) is 10.4. The van der Waals surface area contributed by atoms with Crippen molar-refractivity contribution in [3.63, 3.8) is 0 Å². The number of nitrogens with one attached hydrogen (secondary N) is 1. The summed E-state index contributed by atoms with van der Waals surface area (Å²) in [5, 5.41) is 12.2. The topological polar surface area (TPSA) is 86.5 Å². The SMILES string of the molecule is CO[C@H](c1ccccc1)c1nnc2cc(-c3ccnc(NC4CCOCC4)n3)ccn12. The van der Waals surface area contributed by atoms with Gasteiger partial charge in [-0.25, -0.2) is 9.97 Å². The van der Waals surface area contributed by atoms with Crippen molar-refractivity contribution >= 4 is 11.6 Å². The van der Waals surface area contributed by atoms with Crippen molar-refractivity contribution in [2.75, 3.05) is 25.6 Å².